The Morgan fingerprint density at radius 2 is 2.05 bits per heavy atom. The predicted molar refractivity (Wildman–Crippen MR) is 85.6 cm³/mol. The van der Waals surface area contributed by atoms with Gasteiger partial charge in [0.25, 0.3) is 0 Å². The first kappa shape index (κ1) is 17.4. The van der Waals surface area contributed by atoms with Gasteiger partial charge in [-0.2, -0.15) is 11.8 Å². The molecule has 116 valence electrons. The fraction of sp³-hybridized carbons (Fsp3) is 0.467. The Morgan fingerprint density at radius 1 is 1.38 bits per heavy atom. The average molecular weight is 310 g/mol. The van der Waals surface area contributed by atoms with Crippen molar-refractivity contribution >= 4 is 23.8 Å². The third kappa shape index (κ3) is 5.67. The molecule has 5 nitrogen and oxygen atoms in total. The van der Waals surface area contributed by atoms with Gasteiger partial charge in [0, 0.05) is 13.6 Å². The topological polar surface area (TPSA) is 69.6 Å². The van der Waals surface area contributed by atoms with Gasteiger partial charge < -0.3 is 15.3 Å². The first-order valence-corrected chi connectivity index (χ1v) is 8.13. The van der Waals surface area contributed by atoms with Gasteiger partial charge in [0.05, 0.1) is 0 Å². The number of carbonyl (C=O) groups excluding carboxylic acids is 1. The maximum atomic E-state index is 12.1. The second-order valence-corrected chi connectivity index (χ2v) is 5.89. The van der Waals surface area contributed by atoms with Crippen molar-refractivity contribution in [3.05, 3.63) is 35.4 Å². The molecule has 0 spiro atoms. The van der Waals surface area contributed by atoms with Crippen LogP contribution in [-0.2, 0) is 11.3 Å². The van der Waals surface area contributed by atoms with Gasteiger partial charge in [-0.25, -0.2) is 9.59 Å². The minimum atomic E-state index is -0.998. The van der Waals surface area contributed by atoms with Crippen LogP contribution in [-0.4, -0.2) is 47.1 Å². The van der Waals surface area contributed by atoms with Crippen LogP contribution < -0.4 is 5.32 Å². The van der Waals surface area contributed by atoms with Crippen molar-refractivity contribution in [3.8, 4) is 0 Å². The summed E-state index contributed by atoms with van der Waals surface area (Å²) in [5.74, 6) is -0.305. The molecular weight excluding hydrogens is 288 g/mol. The van der Waals surface area contributed by atoms with E-state index in [1.165, 1.54) is 4.90 Å². The number of amides is 2. The first-order valence-electron chi connectivity index (χ1n) is 6.73. The number of aliphatic carboxylic acids is 1. The number of rotatable bonds is 7. The van der Waals surface area contributed by atoms with Crippen LogP contribution in [0.3, 0.4) is 0 Å². The highest BCUT2D eigenvalue weighted by Gasteiger charge is 2.21. The smallest absolute Gasteiger partial charge is 0.326 e. The molecule has 0 aliphatic carbocycles. The third-order valence-electron chi connectivity index (χ3n) is 3.22. The molecule has 2 amide bonds. The number of hydrogen-bond acceptors (Lipinski definition) is 3. The van der Waals surface area contributed by atoms with E-state index in [-0.39, 0.29) is 6.03 Å². The molecule has 0 bridgehead atoms. The monoisotopic (exact) mass is 310 g/mol. The van der Waals surface area contributed by atoms with Crippen LogP contribution in [0, 0.1) is 6.92 Å². The number of benzene rings is 1. The third-order valence-corrected chi connectivity index (χ3v) is 3.87. The summed E-state index contributed by atoms with van der Waals surface area (Å²) in [6, 6.07) is 6.60. The van der Waals surface area contributed by atoms with Gasteiger partial charge in [0.2, 0.25) is 0 Å². The molecule has 0 saturated heterocycles. The Bertz CT molecular complexity index is 494. The highest BCUT2D eigenvalue weighted by molar-refractivity contribution is 7.98. The summed E-state index contributed by atoms with van der Waals surface area (Å²) in [7, 11) is 1.66. The lowest BCUT2D eigenvalue weighted by atomic mass is 10.1. The minimum absolute atomic E-state index is 0.369. The van der Waals surface area contributed by atoms with Crippen molar-refractivity contribution < 1.29 is 14.7 Å². The maximum Gasteiger partial charge on any atom is 0.326 e. The van der Waals surface area contributed by atoms with E-state index in [1.54, 1.807) is 18.8 Å². The molecule has 0 aliphatic rings. The van der Waals surface area contributed by atoms with E-state index in [0.29, 0.717) is 18.7 Å². The second kappa shape index (κ2) is 8.56. The average Bonchev–Trinajstić information content (AvgIpc) is 2.45. The van der Waals surface area contributed by atoms with E-state index >= 15 is 0 Å². The van der Waals surface area contributed by atoms with Gasteiger partial charge >= 0.3 is 12.0 Å². The standard InChI is InChI=1S/C15H22N2O3S/c1-11-6-4-5-7-12(11)10-17(2)15(20)16-13(14(18)19)8-9-21-3/h4-7,13H,8-10H2,1-3H3,(H,16,20)(H,18,19). The van der Waals surface area contributed by atoms with Gasteiger partial charge in [-0.1, -0.05) is 24.3 Å². The van der Waals surface area contributed by atoms with Gasteiger partial charge in [-0.05, 0) is 36.5 Å². The fourth-order valence-corrected chi connectivity index (χ4v) is 2.34. The summed E-state index contributed by atoms with van der Waals surface area (Å²) < 4.78 is 0. The van der Waals surface area contributed by atoms with Crippen molar-refractivity contribution in [2.45, 2.75) is 25.9 Å². The van der Waals surface area contributed by atoms with Crippen molar-refractivity contribution in [2.24, 2.45) is 0 Å². The van der Waals surface area contributed by atoms with Crippen LogP contribution >= 0.6 is 11.8 Å². The fourth-order valence-electron chi connectivity index (χ4n) is 1.87. The van der Waals surface area contributed by atoms with Crippen LogP contribution in [0.5, 0.6) is 0 Å². The quantitative estimate of drug-likeness (QED) is 0.811. The van der Waals surface area contributed by atoms with Crippen molar-refractivity contribution in [2.75, 3.05) is 19.1 Å². The highest BCUT2D eigenvalue weighted by Crippen LogP contribution is 2.10. The van der Waals surface area contributed by atoms with Crippen LogP contribution in [0.25, 0.3) is 0 Å². The zero-order valence-electron chi connectivity index (χ0n) is 12.6. The van der Waals surface area contributed by atoms with E-state index in [9.17, 15) is 9.59 Å². The molecule has 1 aromatic rings. The van der Waals surface area contributed by atoms with Gasteiger partial charge in [-0.15, -0.1) is 0 Å². The lowest BCUT2D eigenvalue weighted by Gasteiger charge is -2.22. The lowest BCUT2D eigenvalue weighted by Crippen LogP contribution is -2.46. The Hall–Kier alpha value is -1.69. The van der Waals surface area contributed by atoms with Gasteiger partial charge in [-0.3, -0.25) is 0 Å². The number of nitrogens with zero attached hydrogens (tertiary/aromatic N) is 1. The number of hydrogen-bond donors (Lipinski definition) is 2. The van der Waals surface area contributed by atoms with Crippen molar-refractivity contribution in [3.63, 3.8) is 0 Å². The molecule has 21 heavy (non-hydrogen) atoms. The largest absolute Gasteiger partial charge is 0.480 e. The van der Waals surface area contributed by atoms with E-state index in [0.717, 1.165) is 11.1 Å². The predicted octanol–water partition coefficient (Wildman–Crippen LogP) is 2.34. The van der Waals surface area contributed by atoms with Crippen molar-refractivity contribution in [1.82, 2.24) is 10.2 Å². The SMILES string of the molecule is CSCCC(NC(=O)N(C)Cc1ccccc1C)C(=O)O. The van der Waals surface area contributed by atoms with Crippen LogP contribution in [0.2, 0.25) is 0 Å². The molecule has 0 fully saturated rings. The van der Waals surface area contributed by atoms with Crippen LogP contribution in [0.4, 0.5) is 4.79 Å². The number of thioether (sulfide) groups is 1. The molecule has 0 radical (unpaired) electrons. The molecule has 1 atom stereocenters. The Kier molecular flexibility index (Phi) is 7.08. The molecule has 6 heteroatoms. The summed E-state index contributed by atoms with van der Waals surface area (Å²) in [4.78, 5) is 24.7. The molecule has 0 heterocycles. The summed E-state index contributed by atoms with van der Waals surface area (Å²) in [6.45, 7) is 2.44. The second-order valence-electron chi connectivity index (χ2n) is 4.90. The minimum Gasteiger partial charge on any atom is -0.480 e. The molecule has 1 unspecified atom stereocenters. The Balaban J connectivity index is 2.61. The van der Waals surface area contributed by atoms with E-state index in [4.69, 9.17) is 5.11 Å². The number of aryl methyl sites for hydroxylation is 1. The highest BCUT2D eigenvalue weighted by atomic mass is 32.2. The number of carboxylic acids is 1. The summed E-state index contributed by atoms with van der Waals surface area (Å²) in [6.07, 6.45) is 2.32. The van der Waals surface area contributed by atoms with Crippen molar-refractivity contribution in [1.29, 1.82) is 0 Å². The number of urea groups is 1. The zero-order chi connectivity index (χ0) is 15.8. The van der Waals surface area contributed by atoms with Gasteiger partial charge in [0.15, 0.2) is 0 Å². The maximum absolute atomic E-state index is 12.1. The number of carboxylic acid groups (broad SMARTS) is 1. The lowest BCUT2D eigenvalue weighted by molar-refractivity contribution is -0.139. The Morgan fingerprint density at radius 3 is 2.62 bits per heavy atom. The first-order chi connectivity index (χ1) is 9.95. The molecule has 0 aliphatic heterocycles. The van der Waals surface area contributed by atoms with E-state index < -0.39 is 12.0 Å². The summed E-state index contributed by atoms with van der Waals surface area (Å²) in [5.41, 5.74) is 2.15. The van der Waals surface area contributed by atoms with E-state index in [2.05, 4.69) is 5.32 Å². The molecule has 2 N–H and O–H groups in total. The summed E-state index contributed by atoms with van der Waals surface area (Å²) >= 11 is 1.56. The van der Waals surface area contributed by atoms with E-state index in [1.807, 2.05) is 37.4 Å². The molecule has 1 rings (SSSR count). The number of carbonyl (C=O) groups is 2. The number of nitrogens with one attached hydrogen (secondary N) is 1. The molecule has 0 saturated carbocycles. The Labute approximate surface area is 129 Å². The molecule has 1 aromatic carbocycles. The molecular formula is C15H22N2O3S. The normalized spacial score (nSPS) is 11.8. The molecule has 0 aromatic heterocycles. The zero-order valence-corrected chi connectivity index (χ0v) is 13.4. The van der Waals surface area contributed by atoms with Gasteiger partial charge in [0.1, 0.15) is 6.04 Å². The summed E-state index contributed by atoms with van der Waals surface area (Å²) in [5, 5.41) is 11.7. The van der Waals surface area contributed by atoms with Crippen LogP contribution in [0.1, 0.15) is 17.5 Å². The van der Waals surface area contributed by atoms with Crippen LogP contribution in [0.15, 0.2) is 24.3 Å².